The quantitative estimate of drug-likeness (QED) is 0.533. The smallest absolute Gasteiger partial charge is 0.178 e. The van der Waals surface area contributed by atoms with Crippen LogP contribution in [0.25, 0.3) is 12.2 Å². The predicted molar refractivity (Wildman–Crippen MR) is 94.2 cm³/mol. The van der Waals surface area contributed by atoms with Crippen molar-refractivity contribution in [2.75, 3.05) is 0 Å². The van der Waals surface area contributed by atoms with Crippen LogP contribution in [0.1, 0.15) is 11.1 Å². The van der Waals surface area contributed by atoms with Gasteiger partial charge in [-0.3, -0.25) is 4.79 Å². The van der Waals surface area contributed by atoms with E-state index in [0.29, 0.717) is 0 Å². The normalized spacial score (nSPS) is 12.0. The van der Waals surface area contributed by atoms with Crippen molar-refractivity contribution in [3.63, 3.8) is 0 Å². The van der Waals surface area contributed by atoms with Gasteiger partial charge >= 0.3 is 0 Å². The lowest BCUT2D eigenvalue weighted by atomic mass is 10.2. The summed E-state index contributed by atoms with van der Waals surface area (Å²) >= 11 is 0. The number of allylic oxidation sites excluding steroid dienone is 6. The summed E-state index contributed by atoms with van der Waals surface area (Å²) in [6.07, 6.45) is 14.2. The zero-order valence-corrected chi connectivity index (χ0v) is 12.3. The molecule has 0 unspecified atom stereocenters. The van der Waals surface area contributed by atoms with Crippen molar-refractivity contribution >= 4 is 17.9 Å². The Kier molecular flexibility index (Phi) is 6.39. The SMILES string of the molecule is O=C(/C=C\C=C/c1ccccc1)/C=C\C=C\c1ccccc1. The van der Waals surface area contributed by atoms with Crippen LogP contribution in [-0.4, -0.2) is 5.78 Å². The molecule has 108 valence electrons. The minimum atomic E-state index is -0.0320. The second-order valence-corrected chi connectivity index (χ2v) is 4.66. The molecule has 22 heavy (non-hydrogen) atoms. The first-order chi connectivity index (χ1) is 10.8. The molecule has 0 N–H and O–H groups in total. The van der Waals surface area contributed by atoms with Crippen LogP contribution in [0.15, 0.2) is 97.1 Å². The molecule has 0 aromatic heterocycles. The zero-order valence-electron chi connectivity index (χ0n) is 12.3. The third kappa shape index (κ3) is 6.02. The van der Waals surface area contributed by atoms with Crippen molar-refractivity contribution in [3.8, 4) is 0 Å². The highest BCUT2D eigenvalue weighted by Crippen LogP contribution is 2.02. The van der Waals surface area contributed by atoms with Crippen molar-refractivity contribution < 1.29 is 4.79 Å². The monoisotopic (exact) mass is 286 g/mol. The summed E-state index contributed by atoms with van der Waals surface area (Å²) in [4.78, 5) is 11.6. The van der Waals surface area contributed by atoms with E-state index < -0.39 is 0 Å². The highest BCUT2D eigenvalue weighted by atomic mass is 16.1. The average Bonchev–Trinajstić information content (AvgIpc) is 2.57. The van der Waals surface area contributed by atoms with Gasteiger partial charge in [0.15, 0.2) is 5.78 Å². The number of carbonyl (C=O) groups excluding carboxylic acids is 1. The van der Waals surface area contributed by atoms with Gasteiger partial charge in [-0.25, -0.2) is 0 Å². The fourth-order valence-corrected chi connectivity index (χ4v) is 1.82. The number of benzene rings is 2. The maximum atomic E-state index is 11.6. The summed E-state index contributed by atoms with van der Waals surface area (Å²) in [5.74, 6) is -0.0320. The Labute approximate surface area is 131 Å². The van der Waals surface area contributed by atoms with E-state index in [-0.39, 0.29) is 5.78 Å². The van der Waals surface area contributed by atoms with E-state index in [0.717, 1.165) is 11.1 Å². The number of hydrogen-bond acceptors (Lipinski definition) is 1. The summed E-state index contributed by atoms with van der Waals surface area (Å²) in [6, 6.07) is 19.9. The van der Waals surface area contributed by atoms with Gasteiger partial charge in [-0.2, -0.15) is 0 Å². The predicted octanol–water partition coefficient (Wildman–Crippen LogP) is 5.09. The van der Waals surface area contributed by atoms with Gasteiger partial charge < -0.3 is 0 Å². The summed E-state index contributed by atoms with van der Waals surface area (Å²) < 4.78 is 0. The summed E-state index contributed by atoms with van der Waals surface area (Å²) in [5.41, 5.74) is 2.22. The van der Waals surface area contributed by atoms with E-state index >= 15 is 0 Å². The second-order valence-electron chi connectivity index (χ2n) is 4.66. The number of carbonyl (C=O) groups is 1. The van der Waals surface area contributed by atoms with Gasteiger partial charge in [0.05, 0.1) is 0 Å². The third-order valence-corrected chi connectivity index (χ3v) is 2.92. The van der Waals surface area contributed by atoms with Crippen LogP contribution in [0.3, 0.4) is 0 Å². The van der Waals surface area contributed by atoms with E-state index in [1.807, 2.05) is 85.0 Å². The Hall–Kier alpha value is -2.93. The first kappa shape index (κ1) is 15.5. The molecule has 2 aromatic rings. The average molecular weight is 286 g/mol. The molecule has 0 aliphatic carbocycles. The Morgan fingerprint density at radius 3 is 1.41 bits per heavy atom. The Morgan fingerprint density at radius 1 is 0.591 bits per heavy atom. The molecule has 0 spiro atoms. The Balaban J connectivity index is 1.80. The zero-order chi connectivity index (χ0) is 15.5. The van der Waals surface area contributed by atoms with E-state index in [9.17, 15) is 4.79 Å². The molecule has 0 amide bonds. The second kappa shape index (κ2) is 9.09. The van der Waals surface area contributed by atoms with E-state index in [1.165, 1.54) is 0 Å². The van der Waals surface area contributed by atoms with Crippen molar-refractivity contribution in [3.05, 3.63) is 108 Å². The molecular weight excluding hydrogens is 268 g/mol. The van der Waals surface area contributed by atoms with Crippen LogP contribution in [0.4, 0.5) is 0 Å². The molecule has 1 nitrogen and oxygen atoms in total. The first-order valence-electron chi connectivity index (χ1n) is 7.18. The highest BCUT2D eigenvalue weighted by molar-refractivity contribution is 5.99. The molecule has 2 rings (SSSR count). The maximum absolute atomic E-state index is 11.6. The largest absolute Gasteiger partial charge is 0.290 e. The van der Waals surface area contributed by atoms with E-state index in [4.69, 9.17) is 0 Å². The summed E-state index contributed by atoms with van der Waals surface area (Å²) in [5, 5.41) is 0. The first-order valence-corrected chi connectivity index (χ1v) is 7.18. The standard InChI is InChI=1S/C21H18O/c22-21(17-9-7-15-19-11-3-1-4-12-19)18-10-8-16-20-13-5-2-6-14-20/h1-18H/b15-7-,16-8+,17-9-,18-10-. The molecule has 0 atom stereocenters. The van der Waals surface area contributed by atoms with Gasteiger partial charge in [0, 0.05) is 0 Å². The van der Waals surface area contributed by atoms with Crippen LogP contribution in [0.5, 0.6) is 0 Å². The fraction of sp³-hybridized carbons (Fsp3) is 0. The van der Waals surface area contributed by atoms with Gasteiger partial charge in [-0.05, 0) is 23.3 Å². The molecule has 0 aliphatic rings. The minimum absolute atomic E-state index is 0.0320. The summed E-state index contributed by atoms with van der Waals surface area (Å²) in [7, 11) is 0. The minimum Gasteiger partial charge on any atom is -0.290 e. The number of hydrogen-bond donors (Lipinski definition) is 0. The molecule has 0 saturated carbocycles. The lowest BCUT2D eigenvalue weighted by Crippen LogP contribution is -1.82. The molecule has 1 heteroatoms. The molecule has 0 radical (unpaired) electrons. The molecule has 0 fully saturated rings. The van der Waals surface area contributed by atoms with Crippen molar-refractivity contribution in [1.82, 2.24) is 0 Å². The van der Waals surface area contributed by atoms with Crippen LogP contribution in [0.2, 0.25) is 0 Å². The molecule has 0 bridgehead atoms. The van der Waals surface area contributed by atoms with E-state index in [1.54, 1.807) is 24.3 Å². The van der Waals surface area contributed by atoms with Crippen molar-refractivity contribution in [1.29, 1.82) is 0 Å². The van der Waals surface area contributed by atoms with Crippen LogP contribution in [0, 0.1) is 0 Å². The maximum Gasteiger partial charge on any atom is 0.178 e. The van der Waals surface area contributed by atoms with Gasteiger partial charge in [0.25, 0.3) is 0 Å². The Bertz CT molecular complexity index is 628. The summed E-state index contributed by atoms with van der Waals surface area (Å²) in [6.45, 7) is 0. The van der Waals surface area contributed by atoms with Crippen molar-refractivity contribution in [2.24, 2.45) is 0 Å². The van der Waals surface area contributed by atoms with Crippen LogP contribution in [-0.2, 0) is 4.79 Å². The fourth-order valence-electron chi connectivity index (χ4n) is 1.82. The molecular formula is C21H18O. The Morgan fingerprint density at radius 2 is 1.00 bits per heavy atom. The van der Waals surface area contributed by atoms with Crippen LogP contribution < -0.4 is 0 Å². The van der Waals surface area contributed by atoms with Gasteiger partial charge in [0.2, 0.25) is 0 Å². The van der Waals surface area contributed by atoms with Gasteiger partial charge in [-0.15, -0.1) is 0 Å². The lowest BCUT2D eigenvalue weighted by molar-refractivity contribution is -0.110. The molecule has 2 aromatic carbocycles. The number of ketones is 1. The van der Waals surface area contributed by atoms with Gasteiger partial charge in [-0.1, -0.05) is 97.1 Å². The topological polar surface area (TPSA) is 17.1 Å². The molecule has 0 heterocycles. The van der Waals surface area contributed by atoms with Gasteiger partial charge in [0.1, 0.15) is 0 Å². The van der Waals surface area contributed by atoms with Crippen LogP contribution >= 0.6 is 0 Å². The third-order valence-electron chi connectivity index (χ3n) is 2.92. The molecule has 0 saturated heterocycles. The molecule has 0 aliphatic heterocycles. The van der Waals surface area contributed by atoms with E-state index in [2.05, 4.69) is 0 Å². The highest BCUT2D eigenvalue weighted by Gasteiger charge is 1.86. The number of rotatable bonds is 6. The van der Waals surface area contributed by atoms with Crippen molar-refractivity contribution in [2.45, 2.75) is 0 Å². The lowest BCUT2D eigenvalue weighted by Gasteiger charge is -1.88.